The van der Waals surface area contributed by atoms with E-state index >= 15 is 0 Å². The van der Waals surface area contributed by atoms with Gasteiger partial charge in [0.1, 0.15) is 10.8 Å². The quantitative estimate of drug-likeness (QED) is 0.651. The number of aromatic nitrogens is 1. The molecule has 4 rings (SSSR count). The van der Waals surface area contributed by atoms with E-state index in [1.54, 1.807) is 11.3 Å². The minimum Gasteiger partial charge on any atom is -0.478 e. The molecule has 0 fully saturated rings. The van der Waals surface area contributed by atoms with Crippen molar-refractivity contribution in [2.24, 2.45) is 0 Å². The topological polar surface area (TPSA) is 82.9 Å². The van der Waals surface area contributed by atoms with Crippen LogP contribution in [0.5, 0.6) is 5.75 Å². The van der Waals surface area contributed by atoms with Gasteiger partial charge in [-0.15, -0.1) is 11.3 Å². The van der Waals surface area contributed by atoms with Crippen molar-refractivity contribution in [1.82, 2.24) is 4.98 Å². The van der Waals surface area contributed by atoms with Gasteiger partial charge in [0.05, 0.1) is 30.6 Å². The van der Waals surface area contributed by atoms with Crippen LogP contribution in [0, 0.1) is 0 Å². The summed E-state index contributed by atoms with van der Waals surface area (Å²) in [5.74, 6) is 0.372. The Morgan fingerprint density at radius 3 is 2.72 bits per heavy atom. The van der Waals surface area contributed by atoms with Crippen molar-refractivity contribution in [1.29, 1.82) is 0 Å². The molecular formula is C22H22N2O4S. The van der Waals surface area contributed by atoms with E-state index in [0.717, 1.165) is 21.8 Å². The first-order valence-electron chi connectivity index (χ1n) is 9.53. The lowest BCUT2D eigenvalue weighted by molar-refractivity contribution is -0.126. The Morgan fingerprint density at radius 1 is 1.21 bits per heavy atom. The molecule has 0 saturated carbocycles. The lowest BCUT2D eigenvalue weighted by Gasteiger charge is -2.35. The van der Waals surface area contributed by atoms with Gasteiger partial charge in [0.25, 0.3) is 5.91 Å². The molecule has 7 heteroatoms. The molecular weight excluding hydrogens is 388 g/mol. The van der Waals surface area contributed by atoms with E-state index in [9.17, 15) is 15.0 Å². The molecule has 2 atom stereocenters. The number of nitrogens with zero attached hydrogens (tertiary/aromatic N) is 2. The first kappa shape index (κ1) is 19.6. The SMILES string of the molecule is CCC1Oc2ccc(-c3csc(-c4ccccc4)n3)cc2N(CC(O)CO)C1=O. The van der Waals surface area contributed by atoms with Crippen molar-refractivity contribution in [3.05, 3.63) is 53.9 Å². The minimum atomic E-state index is -1.02. The van der Waals surface area contributed by atoms with E-state index < -0.39 is 18.8 Å². The van der Waals surface area contributed by atoms with E-state index in [-0.39, 0.29) is 12.5 Å². The van der Waals surface area contributed by atoms with E-state index in [1.807, 2.05) is 60.8 Å². The molecule has 0 saturated heterocycles. The maximum Gasteiger partial charge on any atom is 0.268 e. The van der Waals surface area contributed by atoms with Crippen LogP contribution >= 0.6 is 11.3 Å². The van der Waals surface area contributed by atoms with E-state index in [1.165, 1.54) is 4.90 Å². The summed E-state index contributed by atoms with van der Waals surface area (Å²) in [5.41, 5.74) is 3.30. The first-order chi connectivity index (χ1) is 14.1. The number of rotatable bonds is 6. The second kappa shape index (κ2) is 8.32. The number of hydrogen-bond donors (Lipinski definition) is 2. The van der Waals surface area contributed by atoms with Crippen LogP contribution in [0.1, 0.15) is 13.3 Å². The average Bonchev–Trinajstić information content (AvgIpc) is 3.26. The molecule has 1 aromatic heterocycles. The number of hydrogen-bond acceptors (Lipinski definition) is 6. The molecule has 150 valence electrons. The molecule has 0 radical (unpaired) electrons. The molecule has 0 aliphatic carbocycles. The molecule has 29 heavy (non-hydrogen) atoms. The number of thiazole rings is 1. The molecule has 1 aliphatic heterocycles. The summed E-state index contributed by atoms with van der Waals surface area (Å²) in [5, 5.41) is 22.1. The summed E-state index contributed by atoms with van der Waals surface area (Å²) in [6, 6.07) is 15.6. The van der Waals surface area contributed by atoms with E-state index in [0.29, 0.717) is 17.9 Å². The summed E-state index contributed by atoms with van der Waals surface area (Å²) in [6.07, 6.45) is -1.09. The monoisotopic (exact) mass is 410 g/mol. The van der Waals surface area contributed by atoms with Crippen LogP contribution in [0.15, 0.2) is 53.9 Å². The molecule has 1 aliphatic rings. The van der Waals surface area contributed by atoms with Gasteiger partial charge in [0.2, 0.25) is 0 Å². The van der Waals surface area contributed by atoms with Crippen molar-refractivity contribution < 1.29 is 19.7 Å². The normalized spacial score (nSPS) is 17.0. The Morgan fingerprint density at radius 2 is 2.00 bits per heavy atom. The van der Waals surface area contributed by atoms with Crippen molar-refractivity contribution in [3.63, 3.8) is 0 Å². The second-order valence-corrected chi connectivity index (χ2v) is 7.74. The smallest absolute Gasteiger partial charge is 0.268 e. The number of carbonyl (C=O) groups excluding carboxylic acids is 1. The lowest BCUT2D eigenvalue weighted by atomic mass is 10.1. The third-order valence-electron chi connectivity index (χ3n) is 4.86. The second-order valence-electron chi connectivity index (χ2n) is 6.89. The molecule has 2 aromatic carbocycles. The van der Waals surface area contributed by atoms with Gasteiger partial charge >= 0.3 is 0 Å². The van der Waals surface area contributed by atoms with Crippen LogP contribution in [0.2, 0.25) is 0 Å². The van der Waals surface area contributed by atoms with Crippen molar-refractivity contribution in [3.8, 4) is 27.6 Å². The number of amides is 1. The zero-order chi connectivity index (χ0) is 20.4. The van der Waals surface area contributed by atoms with Gasteiger partial charge in [-0.1, -0.05) is 37.3 Å². The van der Waals surface area contributed by atoms with Gasteiger partial charge in [-0.3, -0.25) is 4.79 Å². The Balaban J connectivity index is 1.70. The van der Waals surface area contributed by atoms with Crippen molar-refractivity contribution >= 4 is 22.9 Å². The van der Waals surface area contributed by atoms with Crippen molar-refractivity contribution in [2.75, 3.05) is 18.1 Å². The molecule has 2 N–H and O–H groups in total. The summed E-state index contributed by atoms with van der Waals surface area (Å²) >= 11 is 1.56. The van der Waals surface area contributed by atoms with E-state index in [2.05, 4.69) is 0 Å². The van der Waals surface area contributed by atoms with Crippen LogP contribution in [0.25, 0.3) is 21.8 Å². The van der Waals surface area contributed by atoms with Crippen LogP contribution in [-0.4, -0.2) is 46.5 Å². The third kappa shape index (κ3) is 3.89. The first-order valence-corrected chi connectivity index (χ1v) is 10.4. The fraction of sp³-hybridized carbons (Fsp3) is 0.273. The fourth-order valence-corrected chi connectivity index (χ4v) is 4.15. The highest BCUT2D eigenvalue weighted by atomic mass is 32.1. The van der Waals surface area contributed by atoms with Crippen LogP contribution < -0.4 is 9.64 Å². The molecule has 1 amide bonds. The zero-order valence-corrected chi connectivity index (χ0v) is 16.8. The summed E-state index contributed by atoms with van der Waals surface area (Å²) in [4.78, 5) is 19.0. The number of carbonyl (C=O) groups is 1. The third-order valence-corrected chi connectivity index (χ3v) is 5.75. The molecule has 2 unspecified atom stereocenters. The molecule has 0 bridgehead atoms. The zero-order valence-electron chi connectivity index (χ0n) is 16.0. The molecule has 2 heterocycles. The number of ether oxygens (including phenoxy) is 1. The molecule has 3 aromatic rings. The number of anilines is 1. The summed E-state index contributed by atoms with van der Waals surface area (Å²) in [6.45, 7) is 1.48. The number of benzene rings is 2. The highest BCUT2D eigenvalue weighted by molar-refractivity contribution is 7.13. The largest absolute Gasteiger partial charge is 0.478 e. The van der Waals surface area contributed by atoms with E-state index in [4.69, 9.17) is 9.72 Å². The summed E-state index contributed by atoms with van der Waals surface area (Å²) < 4.78 is 5.85. The maximum absolute atomic E-state index is 12.8. The number of aliphatic hydroxyl groups is 2. The molecule has 0 spiro atoms. The van der Waals surface area contributed by atoms with Gasteiger partial charge < -0.3 is 19.8 Å². The fourth-order valence-electron chi connectivity index (χ4n) is 3.32. The van der Waals surface area contributed by atoms with Gasteiger partial charge in [-0.25, -0.2) is 4.98 Å². The Labute approximate surface area is 173 Å². The number of fused-ring (bicyclic) bond motifs is 1. The highest BCUT2D eigenvalue weighted by Gasteiger charge is 2.34. The van der Waals surface area contributed by atoms with Gasteiger partial charge in [0.15, 0.2) is 6.10 Å². The van der Waals surface area contributed by atoms with Crippen LogP contribution in [-0.2, 0) is 4.79 Å². The van der Waals surface area contributed by atoms with Gasteiger partial charge in [0, 0.05) is 16.5 Å². The van der Waals surface area contributed by atoms with Gasteiger partial charge in [-0.05, 0) is 24.6 Å². The number of aliphatic hydroxyl groups excluding tert-OH is 2. The Kier molecular flexibility index (Phi) is 5.62. The standard InChI is InChI=1S/C22H22N2O4S/c1-2-19-22(27)24(11-16(26)12-25)18-10-15(8-9-20(18)28-19)17-13-29-21(23-17)14-6-4-3-5-7-14/h3-10,13,16,19,25-26H,2,11-12H2,1H3. The van der Waals surface area contributed by atoms with Crippen LogP contribution in [0.3, 0.4) is 0 Å². The Hall–Kier alpha value is -2.74. The lowest BCUT2D eigenvalue weighted by Crippen LogP contribution is -2.49. The van der Waals surface area contributed by atoms with Crippen LogP contribution in [0.4, 0.5) is 5.69 Å². The van der Waals surface area contributed by atoms with Crippen molar-refractivity contribution in [2.45, 2.75) is 25.6 Å². The Bertz CT molecular complexity index is 1010. The minimum absolute atomic E-state index is 0.0119. The summed E-state index contributed by atoms with van der Waals surface area (Å²) in [7, 11) is 0. The number of β-amino-alcohol motifs (C(OH)–C–C–N with tert-alkyl or cyclic N) is 1. The maximum atomic E-state index is 12.8. The highest BCUT2D eigenvalue weighted by Crippen LogP contribution is 2.39. The predicted octanol–water partition coefficient (Wildman–Crippen LogP) is 3.33. The molecule has 6 nitrogen and oxygen atoms in total. The average molecular weight is 410 g/mol. The van der Waals surface area contributed by atoms with Gasteiger partial charge in [-0.2, -0.15) is 0 Å². The predicted molar refractivity (Wildman–Crippen MR) is 113 cm³/mol.